The van der Waals surface area contributed by atoms with Gasteiger partial charge in [0.05, 0.1) is 35.2 Å². The Morgan fingerprint density at radius 3 is 2.73 bits per heavy atom. The molecule has 2 atom stereocenters. The number of aromatic nitrogens is 1. The standard InChI is InChI=1S/C21H20F3N3OS2/c22-21(23,24)16-7-4-8-18(11-16)30(28)26-17-9-10-27(12-17)13-20-25-19(14-29-20)15-5-2-1-3-6-15/h1-8,11,14,17,26H,9-10,12-13H2/t17-,30?/m1/s1. The van der Waals surface area contributed by atoms with Gasteiger partial charge in [0, 0.05) is 30.1 Å². The van der Waals surface area contributed by atoms with Crippen LogP contribution >= 0.6 is 11.3 Å². The maximum absolute atomic E-state index is 12.9. The van der Waals surface area contributed by atoms with E-state index in [0.717, 1.165) is 41.4 Å². The first-order valence-corrected chi connectivity index (χ1v) is 11.5. The van der Waals surface area contributed by atoms with Crippen molar-refractivity contribution in [3.05, 3.63) is 70.5 Å². The number of hydrogen-bond acceptors (Lipinski definition) is 5. The van der Waals surface area contributed by atoms with E-state index in [-0.39, 0.29) is 10.9 Å². The van der Waals surface area contributed by atoms with Gasteiger partial charge in [-0.3, -0.25) is 4.90 Å². The van der Waals surface area contributed by atoms with E-state index in [4.69, 9.17) is 4.98 Å². The lowest BCUT2D eigenvalue weighted by Gasteiger charge is -2.17. The van der Waals surface area contributed by atoms with Crippen LogP contribution in [0.25, 0.3) is 11.3 Å². The van der Waals surface area contributed by atoms with Crippen molar-refractivity contribution in [3.8, 4) is 11.3 Å². The maximum Gasteiger partial charge on any atom is 0.416 e. The van der Waals surface area contributed by atoms with Crippen LogP contribution < -0.4 is 4.72 Å². The summed E-state index contributed by atoms with van der Waals surface area (Å²) in [4.78, 5) is 7.05. The molecule has 2 heterocycles. The number of rotatable bonds is 6. The highest BCUT2D eigenvalue weighted by molar-refractivity contribution is 7.89. The highest BCUT2D eigenvalue weighted by Gasteiger charge is 2.33. The summed E-state index contributed by atoms with van der Waals surface area (Å²) < 4.78 is 54.1. The van der Waals surface area contributed by atoms with Gasteiger partial charge >= 0.3 is 6.18 Å². The molecule has 0 saturated carbocycles. The molecule has 4 nitrogen and oxygen atoms in total. The van der Waals surface area contributed by atoms with Crippen LogP contribution in [-0.2, 0) is 24.1 Å². The van der Waals surface area contributed by atoms with Crippen molar-refractivity contribution < 1.29 is 17.7 Å². The van der Waals surface area contributed by atoms with Crippen LogP contribution in [0.1, 0.15) is 17.0 Å². The molecule has 1 saturated heterocycles. The number of alkyl halides is 3. The van der Waals surface area contributed by atoms with Gasteiger partial charge in [0.1, 0.15) is 5.01 Å². The number of halogens is 3. The third-order valence-electron chi connectivity index (χ3n) is 4.90. The second kappa shape index (κ2) is 9.07. The maximum atomic E-state index is 12.9. The predicted molar refractivity (Wildman–Crippen MR) is 112 cm³/mol. The van der Waals surface area contributed by atoms with Gasteiger partial charge in [-0.05, 0) is 18.6 Å². The average molecular weight is 452 g/mol. The second-order valence-corrected chi connectivity index (χ2v) is 9.31. The third-order valence-corrected chi connectivity index (χ3v) is 6.96. The Bertz CT molecular complexity index is 981. The molecule has 158 valence electrons. The molecule has 1 N–H and O–H groups in total. The SMILES string of the molecule is [O-][S+](N[C@@H]1CCN(Cc2nc(-c3ccccc3)cs2)C1)c1cccc(C(F)(F)F)c1. The molecule has 1 aromatic heterocycles. The first-order valence-electron chi connectivity index (χ1n) is 9.46. The summed E-state index contributed by atoms with van der Waals surface area (Å²) in [5, 5.41) is 3.05. The molecule has 1 aliphatic rings. The van der Waals surface area contributed by atoms with E-state index < -0.39 is 23.1 Å². The van der Waals surface area contributed by atoms with E-state index in [2.05, 4.69) is 9.62 Å². The smallest absolute Gasteiger partial charge is 0.416 e. The lowest BCUT2D eigenvalue weighted by molar-refractivity contribution is -0.137. The first kappa shape index (κ1) is 21.3. The van der Waals surface area contributed by atoms with Crippen molar-refractivity contribution in [2.45, 2.75) is 30.1 Å². The van der Waals surface area contributed by atoms with Crippen molar-refractivity contribution in [3.63, 3.8) is 0 Å². The van der Waals surface area contributed by atoms with E-state index in [9.17, 15) is 17.7 Å². The van der Waals surface area contributed by atoms with Crippen LogP contribution in [0.3, 0.4) is 0 Å². The van der Waals surface area contributed by atoms with Crippen LogP contribution in [-0.4, -0.2) is 33.6 Å². The van der Waals surface area contributed by atoms with Gasteiger partial charge in [-0.25, -0.2) is 4.98 Å². The molecule has 1 aliphatic heterocycles. The van der Waals surface area contributed by atoms with Crippen LogP contribution in [0, 0.1) is 0 Å². The fourth-order valence-corrected chi connectivity index (χ4v) is 5.31. The molecule has 0 amide bonds. The van der Waals surface area contributed by atoms with E-state index in [0.29, 0.717) is 13.1 Å². The normalized spacial score (nSPS) is 18.6. The van der Waals surface area contributed by atoms with E-state index in [1.165, 1.54) is 12.1 Å². The number of nitrogens with zero attached hydrogens (tertiary/aromatic N) is 2. The summed E-state index contributed by atoms with van der Waals surface area (Å²) in [5.41, 5.74) is 1.24. The van der Waals surface area contributed by atoms with Crippen molar-refractivity contribution in [1.82, 2.24) is 14.6 Å². The molecule has 0 bridgehead atoms. The van der Waals surface area contributed by atoms with Crippen molar-refractivity contribution in [1.29, 1.82) is 0 Å². The summed E-state index contributed by atoms with van der Waals surface area (Å²) in [6.07, 6.45) is -3.67. The minimum absolute atomic E-state index is 0.0473. The Balaban J connectivity index is 1.32. The number of likely N-dealkylation sites (tertiary alicyclic amines) is 1. The molecule has 4 rings (SSSR count). The Morgan fingerprint density at radius 1 is 1.17 bits per heavy atom. The quantitative estimate of drug-likeness (QED) is 0.552. The summed E-state index contributed by atoms with van der Waals surface area (Å²) in [7, 11) is 0. The molecule has 0 radical (unpaired) electrons. The number of thiazole rings is 1. The van der Waals surface area contributed by atoms with Gasteiger partial charge in [-0.2, -0.15) is 13.2 Å². The Labute approximate surface area is 180 Å². The van der Waals surface area contributed by atoms with E-state index in [1.807, 2.05) is 35.7 Å². The van der Waals surface area contributed by atoms with Gasteiger partial charge in [-0.1, -0.05) is 36.4 Å². The molecular weight excluding hydrogens is 431 g/mol. The predicted octanol–water partition coefficient (Wildman–Crippen LogP) is 4.72. The van der Waals surface area contributed by atoms with E-state index >= 15 is 0 Å². The topological polar surface area (TPSA) is 51.2 Å². The number of benzene rings is 2. The molecule has 2 aromatic carbocycles. The Hall–Kier alpha value is -1.91. The Kier molecular flexibility index (Phi) is 6.45. The molecule has 0 spiro atoms. The molecule has 30 heavy (non-hydrogen) atoms. The molecular formula is C21H20F3N3OS2. The van der Waals surface area contributed by atoms with Crippen molar-refractivity contribution >= 4 is 22.7 Å². The van der Waals surface area contributed by atoms with Crippen molar-refractivity contribution in [2.75, 3.05) is 13.1 Å². The minimum Gasteiger partial charge on any atom is -0.593 e. The van der Waals surface area contributed by atoms with Crippen LogP contribution in [0.15, 0.2) is 64.9 Å². The summed E-state index contributed by atoms with van der Waals surface area (Å²) >= 11 is -0.0829. The number of hydrogen-bond donors (Lipinski definition) is 1. The highest BCUT2D eigenvalue weighted by atomic mass is 32.2. The number of nitrogens with one attached hydrogen (secondary N) is 1. The van der Waals surface area contributed by atoms with Gasteiger partial charge in [0.25, 0.3) is 0 Å². The zero-order valence-corrected chi connectivity index (χ0v) is 17.6. The summed E-state index contributed by atoms with van der Waals surface area (Å²) in [6.45, 7) is 2.19. The molecule has 0 aliphatic carbocycles. The summed E-state index contributed by atoms with van der Waals surface area (Å²) in [5.74, 6) is 0. The second-order valence-electron chi connectivity index (χ2n) is 7.13. The first-order chi connectivity index (χ1) is 14.4. The van der Waals surface area contributed by atoms with E-state index in [1.54, 1.807) is 11.3 Å². The Morgan fingerprint density at radius 2 is 1.97 bits per heavy atom. The monoisotopic (exact) mass is 451 g/mol. The summed E-state index contributed by atoms with van der Waals surface area (Å²) in [6, 6.07) is 14.6. The lowest BCUT2D eigenvalue weighted by Crippen LogP contribution is -2.37. The fraction of sp³-hybridized carbons (Fsp3) is 0.286. The van der Waals surface area contributed by atoms with Gasteiger partial charge in [0.2, 0.25) is 0 Å². The molecule has 1 unspecified atom stereocenters. The molecule has 3 aromatic rings. The zero-order chi connectivity index (χ0) is 21.1. The van der Waals surface area contributed by atoms with Gasteiger partial charge < -0.3 is 4.55 Å². The zero-order valence-electron chi connectivity index (χ0n) is 15.9. The van der Waals surface area contributed by atoms with Crippen molar-refractivity contribution in [2.24, 2.45) is 0 Å². The van der Waals surface area contributed by atoms with Gasteiger partial charge in [0.15, 0.2) is 4.90 Å². The van der Waals surface area contributed by atoms with Crippen LogP contribution in [0.2, 0.25) is 0 Å². The van der Waals surface area contributed by atoms with Crippen LogP contribution in [0.4, 0.5) is 13.2 Å². The van der Waals surface area contributed by atoms with Gasteiger partial charge in [-0.15, -0.1) is 16.1 Å². The average Bonchev–Trinajstić information content (AvgIpc) is 3.38. The third kappa shape index (κ3) is 5.22. The highest BCUT2D eigenvalue weighted by Crippen LogP contribution is 2.30. The van der Waals surface area contributed by atoms with Crippen LogP contribution in [0.5, 0.6) is 0 Å². The lowest BCUT2D eigenvalue weighted by atomic mass is 10.2. The minimum atomic E-state index is -4.45. The molecule has 9 heteroatoms. The fourth-order valence-electron chi connectivity index (χ4n) is 3.40. The molecule has 1 fully saturated rings. The largest absolute Gasteiger partial charge is 0.593 e.